The van der Waals surface area contributed by atoms with Crippen LogP contribution in [-0.2, 0) is 11.2 Å². The van der Waals surface area contributed by atoms with Crippen LogP contribution in [0.3, 0.4) is 0 Å². The fourth-order valence-corrected chi connectivity index (χ4v) is 3.61. The van der Waals surface area contributed by atoms with Crippen molar-refractivity contribution in [3.63, 3.8) is 0 Å². The van der Waals surface area contributed by atoms with Crippen molar-refractivity contribution in [3.8, 4) is 5.75 Å². The number of aromatic nitrogens is 2. The van der Waals surface area contributed by atoms with Crippen LogP contribution in [0.1, 0.15) is 11.3 Å². The number of nitrogens with zero attached hydrogens (tertiary/aromatic N) is 4. The highest BCUT2D eigenvalue weighted by Gasteiger charge is 2.23. The summed E-state index contributed by atoms with van der Waals surface area (Å²) in [5, 5.41) is 3.34. The first-order valence-corrected chi connectivity index (χ1v) is 10.4. The van der Waals surface area contributed by atoms with Crippen molar-refractivity contribution in [2.24, 2.45) is 0 Å². The molecule has 1 aliphatic heterocycles. The van der Waals surface area contributed by atoms with E-state index in [1.807, 2.05) is 72.5 Å². The molecule has 31 heavy (non-hydrogen) atoms. The molecule has 0 saturated carbocycles. The number of ether oxygens (including phenoxy) is 1. The summed E-state index contributed by atoms with van der Waals surface area (Å²) in [6.07, 6.45) is 0.399. The molecule has 0 bridgehead atoms. The summed E-state index contributed by atoms with van der Waals surface area (Å²) in [5.74, 6) is 2.40. The number of carbonyl (C=O) groups is 1. The van der Waals surface area contributed by atoms with Gasteiger partial charge in [-0.25, -0.2) is 4.98 Å². The lowest BCUT2D eigenvalue weighted by Gasteiger charge is -2.35. The summed E-state index contributed by atoms with van der Waals surface area (Å²) < 4.78 is 5.18. The molecule has 0 atom stereocenters. The van der Waals surface area contributed by atoms with Gasteiger partial charge in [0.1, 0.15) is 11.6 Å². The maximum atomic E-state index is 12.7. The third kappa shape index (κ3) is 5.31. The minimum absolute atomic E-state index is 0.140. The number of amides is 1. The van der Waals surface area contributed by atoms with Crippen LogP contribution in [0.4, 0.5) is 17.5 Å². The Kier molecular flexibility index (Phi) is 6.31. The molecule has 1 fully saturated rings. The molecular formula is C24H27N5O2. The van der Waals surface area contributed by atoms with Gasteiger partial charge in [-0.2, -0.15) is 4.98 Å². The average Bonchev–Trinajstić information content (AvgIpc) is 2.80. The Morgan fingerprint density at radius 1 is 1.00 bits per heavy atom. The molecule has 0 radical (unpaired) electrons. The summed E-state index contributed by atoms with van der Waals surface area (Å²) >= 11 is 0. The van der Waals surface area contributed by atoms with Gasteiger partial charge in [0, 0.05) is 43.6 Å². The van der Waals surface area contributed by atoms with Gasteiger partial charge in [-0.15, -0.1) is 0 Å². The number of piperazine rings is 1. The van der Waals surface area contributed by atoms with E-state index >= 15 is 0 Å². The van der Waals surface area contributed by atoms with E-state index in [-0.39, 0.29) is 5.91 Å². The number of hydrogen-bond acceptors (Lipinski definition) is 6. The molecule has 1 N–H and O–H groups in total. The van der Waals surface area contributed by atoms with Crippen molar-refractivity contribution in [1.82, 2.24) is 14.9 Å². The second-order valence-electron chi connectivity index (χ2n) is 7.58. The second-order valence-corrected chi connectivity index (χ2v) is 7.58. The Morgan fingerprint density at radius 2 is 1.71 bits per heavy atom. The Labute approximate surface area is 182 Å². The van der Waals surface area contributed by atoms with E-state index < -0.39 is 0 Å². The molecule has 0 unspecified atom stereocenters. The number of anilines is 3. The van der Waals surface area contributed by atoms with Gasteiger partial charge in [0.15, 0.2) is 0 Å². The fraction of sp³-hybridized carbons (Fsp3) is 0.292. The molecule has 2 aromatic carbocycles. The van der Waals surface area contributed by atoms with Crippen LogP contribution >= 0.6 is 0 Å². The third-order valence-electron chi connectivity index (χ3n) is 5.32. The Balaban J connectivity index is 1.36. The zero-order valence-electron chi connectivity index (χ0n) is 17.9. The van der Waals surface area contributed by atoms with Gasteiger partial charge in [-0.3, -0.25) is 4.79 Å². The van der Waals surface area contributed by atoms with E-state index in [9.17, 15) is 4.79 Å². The van der Waals surface area contributed by atoms with E-state index in [0.29, 0.717) is 38.5 Å². The van der Waals surface area contributed by atoms with Crippen LogP contribution in [0.15, 0.2) is 60.7 Å². The molecule has 1 amide bonds. The van der Waals surface area contributed by atoms with Gasteiger partial charge in [-0.1, -0.05) is 30.3 Å². The number of benzene rings is 2. The first kappa shape index (κ1) is 20.7. The highest BCUT2D eigenvalue weighted by Crippen LogP contribution is 2.20. The topological polar surface area (TPSA) is 70.6 Å². The van der Waals surface area contributed by atoms with Gasteiger partial charge in [0.05, 0.1) is 13.5 Å². The lowest BCUT2D eigenvalue weighted by Crippen LogP contribution is -2.49. The predicted octanol–water partition coefficient (Wildman–Crippen LogP) is 3.43. The largest absolute Gasteiger partial charge is 0.497 e. The Bertz CT molecular complexity index is 1020. The lowest BCUT2D eigenvalue weighted by molar-refractivity contribution is -0.130. The van der Waals surface area contributed by atoms with E-state index in [0.717, 1.165) is 28.5 Å². The molecule has 7 nitrogen and oxygen atoms in total. The number of aryl methyl sites for hydroxylation is 1. The third-order valence-corrected chi connectivity index (χ3v) is 5.32. The average molecular weight is 418 g/mol. The van der Waals surface area contributed by atoms with Gasteiger partial charge in [0.2, 0.25) is 11.9 Å². The molecule has 1 saturated heterocycles. The Morgan fingerprint density at radius 3 is 2.39 bits per heavy atom. The summed E-state index contributed by atoms with van der Waals surface area (Å²) in [6.45, 7) is 4.71. The van der Waals surface area contributed by atoms with E-state index in [2.05, 4.69) is 15.2 Å². The van der Waals surface area contributed by atoms with Crippen molar-refractivity contribution in [3.05, 3.63) is 71.9 Å². The van der Waals surface area contributed by atoms with Gasteiger partial charge in [-0.05, 0) is 36.8 Å². The predicted molar refractivity (Wildman–Crippen MR) is 122 cm³/mol. The van der Waals surface area contributed by atoms with E-state index in [1.165, 1.54) is 0 Å². The molecule has 3 aromatic rings. The molecular weight excluding hydrogens is 390 g/mol. The molecule has 1 aliphatic rings. The lowest BCUT2D eigenvalue weighted by atomic mass is 10.1. The van der Waals surface area contributed by atoms with Crippen LogP contribution in [0, 0.1) is 6.92 Å². The first-order valence-electron chi connectivity index (χ1n) is 10.4. The Hall–Kier alpha value is -3.61. The molecule has 2 heterocycles. The molecule has 0 aliphatic carbocycles. The minimum Gasteiger partial charge on any atom is -0.497 e. The second kappa shape index (κ2) is 9.47. The standard InChI is InChI=1S/C24H27N5O2/c1-18-16-22(26-20-6-4-3-5-7-20)27-24(25-18)29-14-12-28(13-15-29)23(30)17-19-8-10-21(31-2)11-9-19/h3-11,16H,12-15,17H2,1-2H3,(H,25,26,27). The van der Waals surface area contributed by atoms with Gasteiger partial charge >= 0.3 is 0 Å². The van der Waals surface area contributed by atoms with Crippen LogP contribution in [-0.4, -0.2) is 54.1 Å². The number of nitrogens with one attached hydrogen (secondary N) is 1. The number of carbonyl (C=O) groups excluding carboxylic acids is 1. The first-order chi connectivity index (χ1) is 15.1. The highest BCUT2D eigenvalue weighted by atomic mass is 16.5. The van der Waals surface area contributed by atoms with Crippen molar-refractivity contribution in [2.75, 3.05) is 43.5 Å². The maximum absolute atomic E-state index is 12.7. The monoisotopic (exact) mass is 417 g/mol. The molecule has 160 valence electrons. The van der Waals surface area contributed by atoms with Crippen LogP contribution in [0.5, 0.6) is 5.75 Å². The van der Waals surface area contributed by atoms with E-state index in [4.69, 9.17) is 9.72 Å². The zero-order valence-corrected chi connectivity index (χ0v) is 17.9. The maximum Gasteiger partial charge on any atom is 0.227 e. The number of methoxy groups -OCH3 is 1. The highest BCUT2D eigenvalue weighted by molar-refractivity contribution is 5.79. The number of para-hydroxylation sites is 1. The molecule has 4 rings (SSSR count). The van der Waals surface area contributed by atoms with Crippen LogP contribution in [0.25, 0.3) is 0 Å². The van der Waals surface area contributed by atoms with Gasteiger partial charge in [0.25, 0.3) is 0 Å². The SMILES string of the molecule is COc1ccc(CC(=O)N2CCN(c3nc(C)cc(Nc4ccccc4)n3)CC2)cc1. The summed E-state index contributed by atoms with van der Waals surface area (Å²) in [4.78, 5) is 26.1. The number of rotatable bonds is 6. The molecule has 7 heteroatoms. The van der Waals surface area contributed by atoms with Crippen LogP contribution < -0.4 is 15.0 Å². The number of hydrogen-bond donors (Lipinski definition) is 1. The van der Waals surface area contributed by atoms with Crippen LogP contribution in [0.2, 0.25) is 0 Å². The zero-order chi connectivity index (χ0) is 21.6. The van der Waals surface area contributed by atoms with Crippen molar-refractivity contribution in [1.29, 1.82) is 0 Å². The normalized spacial score (nSPS) is 13.7. The quantitative estimate of drug-likeness (QED) is 0.663. The summed E-state index contributed by atoms with van der Waals surface area (Å²) in [5.41, 5.74) is 2.88. The van der Waals surface area contributed by atoms with Gasteiger partial charge < -0.3 is 19.9 Å². The summed E-state index contributed by atoms with van der Waals surface area (Å²) in [7, 11) is 1.64. The van der Waals surface area contributed by atoms with Crippen molar-refractivity contribution < 1.29 is 9.53 Å². The van der Waals surface area contributed by atoms with Crippen molar-refractivity contribution >= 4 is 23.4 Å². The smallest absolute Gasteiger partial charge is 0.227 e. The summed E-state index contributed by atoms with van der Waals surface area (Å²) in [6, 6.07) is 19.5. The van der Waals surface area contributed by atoms with Crippen molar-refractivity contribution in [2.45, 2.75) is 13.3 Å². The van der Waals surface area contributed by atoms with E-state index in [1.54, 1.807) is 7.11 Å². The fourth-order valence-electron chi connectivity index (χ4n) is 3.61. The molecule has 1 aromatic heterocycles. The molecule has 0 spiro atoms. The minimum atomic E-state index is 0.140.